The summed E-state index contributed by atoms with van der Waals surface area (Å²) in [6.45, 7) is 9.62. The molecule has 0 unspecified atom stereocenters. The molecule has 1 N–H and O–H groups in total. The van der Waals surface area contributed by atoms with E-state index in [1.807, 2.05) is 31.2 Å². The number of anilines is 1. The lowest BCUT2D eigenvalue weighted by Crippen LogP contribution is -2.47. The first-order chi connectivity index (χ1) is 13.6. The third-order valence-corrected chi connectivity index (χ3v) is 5.03. The minimum atomic E-state index is -0.0794. The zero-order valence-electron chi connectivity index (χ0n) is 16.7. The smallest absolute Gasteiger partial charge is 0.257 e. The maximum absolute atomic E-state index is 11.9. The van der Waals surface area contributed by atoms with E-state index in [4.69, 9.17) is 4.74 Å². The molecule has 1 aliphatic rings. The SMILES string of the molecule is Cc1ccc(OCC(=O)NCCCN2CCN(c3ncccn3)CC2)cc1C. The van der Waals surface area contributed by atoms with E-state index in [2.05, 4.69) is 32.0 Å². The number of nitrogens with zero attached hydrogens (tertiary/aromatic N) is 4. The molecule has 150 valence electrons. The maximum Gasteiger partial charge on any atom is 0.257 e. The molecule has 1 fully saturated rings. The molecule has 0 aliphatic carbocycles. The second-order valence-corrected chi connectivity index (χ2v) is 7.12. The van der Waals surface area contributed by atoms with Crippen molar-refractivity contribution in [1.29, 1.82) is 0 Å². The van der Waals surface area contributed by atoms with Gasteiger partial charge in [0.1, 0.15) is 5.75 Å². The van der Waals surface area contributed by atoms with Crippen LogP contribution in [0.2, 0.25) is 0 Å². The summed E-state index contributed by atoms with van der Waals surface area (Å²) in [4.78, 5) is 25.2. The highest BCUT2D eigenvalue weighted by atomic mass is 16.5. The summed E-state index contributed by atoms with van der Waals surface area (Å²) in [7, 11) is 0. The zero-order chi connectivity index (χ0) is 19.8. The van der Waals surface area contributed by atoms with Crippen molar-refractivity contribution in [3.63, 3.8) is 0 Å². The van der Waals surface area contributed by atoms with Crippen LogP contribution >= 0.6 is 0 Å². The van der Waals surface area contributed by atoms with Crippen molar-refractivity contribution in [3.05, 3.63) is 47.8 Å². The van der Waals surface area contributed by atoms with Gasteiger partial charge in [-0.3, -0.25) is 9.69 Å². The molecule has 0 bridgehead atoms. The van der Waals surface area contributed by atoms with Crippen molar-refractivity contribution in [3.8, 4) is 5.75 Å². The molecular weight excluding hydrogens is 354 g/mol. The van der Waals surface area contributed by atoms with Crippen molar-refractivity contribution in [1.82, 2.24) is 20.2 Å². The molecule has 2 heterocycles. The summed E-state index contributed by atoms with van der Waals surface area (Å²) < 4.78 is 5.56. The fourth-order valence-electron chi connectivity index (χ4n) is 3.16. The average Bonchev–Trinajstić information content (AvgIpc) is 2.73. The molecule has 0 spiro atoms. The number of ether oxygens (including phenoxy) is 1. The van der Waals surface area contributed by atoms with Gasteiger partial charge in [-0.05, 0) is 56.1 Å². The Morgan fingerprint density at radius 2 is 1.86 bits per heavy atom. The van der Waals surface area contributed by atoms with Gasteiger partial charge in [0.2, 0.25) is 5.95 Å². The summed E-state index contributed by atoms with van der Waals surface area (Å²) >= 11 is 0. The third-order valence-electron chi connectivity index (χ3n) is 5.03. The molecule has 7 heteroatoms. The topological polar surface area (TPSA) is 70.6 Å². The van der Waals surface area contributed by atoms with Crippen LogP contribution in [0.5, 0.6) is 5.75 Å². The van der Waals surface area contributed by atoms with Crippen molar-refractivity contribution in [2.24, 2.45) is 0 Å². The van der Waals surface area contributed by atoms with E-state index >= 15 is 0 Å². The second kappa shape index (κ2) is 10.0. The van der Waals surface area contributed by atoms with E-state index in [1.54, 1.807) is 12.4 Å². The molecule has 0 atom stereocenters. The Hall–Kier alpha value is -2.67. The zero-order valence-corrected chi connectivity index (χ0v) is 16.7. The Balaban J connectivity index is 1.27. The van der Waals surface area contributed by atoms with Crippen molar-refractivity contribution < 1.29 is 9.53 Å². The summed E-state index contributed by atoms with van der Waals surface area (Å²) in [5.74, 6) is 1.46. The molecule has 1 aliphatic heterocycles. The second-order valence-electron chi connectivity index (χ2n) is 7.12. The van der Waals surface area contributed by atoms with Gasteiger partial charge in [-0.15, -0.1) is 0 Å². The van der Waals surface area contributed by atoms with Gasteiger partial charge in [0.15, 0.2) is 6.61 Å². The standard InChI is InChI=1S/C21H29N5O2/c1-17-5-6-19(15-18(17)2)28-16-20(27)22-9-4-10-25-11-13-26(14-12-25)21-23-7-3-8-24-21/h3,5-8,15H,4,9-14,16H2,1-2H3,(H,22,27). The highest BCUT2D eigenvalue weighted by Crippen LogP contribution is 2.16. The quantitative estimate of drug-likeness (QED) is 0.701. The van der Waals surface area contributed by atoms with E-state index in [0.717, 1.165) is 56.4 Å². The van der Waals surface area contributed by atoms with Gasteiger partial charge >= 0.3 is 0 Å². The number of carbonyl (C=O) groups excluding carboxylic acids is 1. The predicted molar refractivity (Wildman–Crippen MR) is 110 cm³/mol. The normalized spacial score (nSPS) is 14.7. The average molecular weight is 383 g/mol. The molecule has 1 saturated heterocycles. The van der Waals surface area contributed by atoms with Gasteiger partial charge in [-0.2, -0.15) is 0 Å². The predicted octanol–water partition coefficient (Wildman–Crippen LogP) is 1.80. The van der Waals surface area contributed by atoms with E-state index < -0.39 is 0 Å². The maximum atomic E-state index is 11.9. The van der Waals surface area contributed by atoms with Gasteiger partial charge < -0.3 is 15.0 Å². The molecule has 1 aromatic carbocycles. The first kappa shape index (κ1) is 20.1. The fraction of sp³-hybridized carbons (Fsp3) is 0.476. The van der Waals surface area contributed by atoms with Crippen LogP contribution in [0.25, 0.3) is 0 Å². The molecule has 0 saturated carbocycles. The molecular formula is C21H29N5O2. The molecule has 28 heavy (non-hydrogen) atoms. The molecule has 1 amide bonds. The van der Waals surface area contributed by atoms with Crippen LogP contribution in [0.1, 0.15) is 17.5 Å². The number of carbonyl (C=O) groups is 1. The fourth-order valence-corrected chi connectivity index (χ4v) is 3.16. The van der Waals surface area contributed by atoms with Crippen molar-refractivity contribution in [2.45, 2.75) is 20.3 Å². The number of hydrogen-bond acceptors (Lipinski definition) is 6. The lowest BCUT2D eigenvalue weighted by molar-refractivity contribution is -0.123. The Morgan fingerprint density at radius 3 is 2.57 bits per heavy atom. The van der Waals surface area contributed by atoms with Gasteiger partial charge in [0, 0.05) is 45.1 Å². The number of hydrogen-bond donors (Lipinski definition) is 1. The Labute approximate surface area is 166 Å². The van der Waals surface area contributed by atoms with Gasteiger partial charge in [0.05, 0.1) is 0 Å². The van der Waals surface area contributed by atoms with Crippen LogP contribution in [-0.4, -0.2) is 66.7 Å². The largest absolute Gasteiger partial charge is 0.484 e. The summed E-state index contributed by atoms with van der Waals surface area (Å²) in [6.07, 6.45) is 4.49. The van der Waals surface area contributed by atoms with Gasteiger partial charge in [0.25, 0.3) is 5.91 Å². The first-order valence-electron chi connectivity index (χ1n) is 9.83. The van der Waals surface area contributed by atoms with Crippen LogP contribution in [0.15, 0.2) is 36.7 Å². The molecule has 0 radical (unpaired) electrons. The first-order valence-corrected chi connectivity index (χ1v) is 9.83. The number of piperazine rings is 1. The highest BCUT2D eigenvalue weighted by Gasteiger charge is 2.18. The highest BCUT2D eigenvalue weighted by molar-refractivity contribution is 5.77. The molecule has 3 rings (SSSR count). The monoisotopic (exact) mass is 383 g/mol. The minimum Gasteiger partial charge on any atom is -0.484 e. The number of amides is 1. The summed E-state index contributed by atoms with van der Waals surface area (Å²) in [6, 6.07) is 7.70. The minimum absolute atomic E-state index is 0.0538. The van der Waals surface area contributed by atoms with Gasteiger partial charge in [-0.1, -0.05) is 6.07 Å². The number of nitrogens with one attached hydrogen (secondary N) is 1. The van der Waals surface area contributed by atoms with E-state index in [1.165, 1.54) is 5.56 Å². The molecule has 2 aromatic rings. The number of aryl methyl sites for hydroxylation is 2. The lowest BCUT2D eigenvalue weighted by Gasteiger charge is -2.34. The van der Waals surface area contributed by atoms with Crippen LogP contribution in [0.3, 0.4) is 0 Å². The van der Waals surface area contributed by atoms with E-state index in [9.17, 15) is 4.79 Å². The Kier molecular flexibility index (Phi) is 7.19. The van der Waals surface area contributed by atoms with Crippen molar-refractivity contribution >= 4 is 11.9 Å². The van der Waals surface area contributed by atoms with Crippen LogP contribution in [-0.2, 0) is 4.79 Å². The molecule has 1 aromatic heterocycles. The summed E-state index contributed by atoms with van der Waals surface area (Å²) in [5, 5.41) is 2.93. The Bertz CT molecular complexity index is 761. The number of benzene rings is 1. The Morgan fingerprint density at radius 1 is 1.11 bits per heavy atom. The third kappa shape index (κ3) is 5.92. The number of rotatable bonds is 8. The lowest BCUT2D eigenvalue weighted by atomic mass is 10.1. The van der Waals surface area contributed by atoms with Crippen molar-refractivity contribution in [2.75, 3.05) is 50.8 Å². The molecule has 7 nitrogen and oxygen atoms in total. The van der Waals surface area contributed by atoms with Crippen LogP contribution in [0.4, 0.5) is 5.95 Å². The number of aromatic nitrogens is 2. The summed E-state index contributed by atoms with van der Waals surface area (Å²) in [5.41, 5.74) is 2.38. The van der Waals surface area contributed by atoms with E-state index in [0.29, 0.717) is 6.54 Å². The van der Waals surface area contributed by atoms with E-state index in [-0.39, 0.29) is 12.5 Å². The van der Waals surface area contributed by atoms with Crippen LogP contribution < -0.4 is 15.0 Å². The van der Waals surface area contributed by atoms with Crippen LogP contribution in [0, 0.1) is 13.8 Å². The van der Waals surface area contributed by atoms with Gasteiger partial charge in [-0.25, -0.2) is 9.97 Å².